The highest BCUT2D eigenvalue weighted by molar-refractivity contribution is 9.10. The number of benzene rings is 1. The summed E-state index contributed by atoms with van der Waals surface area (Å²) in [7, 11) is 0. The number of aromatic nitrogens is 1. The molecule has 0 atom stereocenters. The summed E-state index contributed by atoms with van der Waals surface area (Å²) in [6.07, 6.45) is 0. The molecule has 3 nitrogen and oxygen atoms in total. The second kappa shape index (κ2) is 5.61. The van der Waals surface area contributed by atoms with E-state index in [0.29, 0.717) is 9.60 Å². The number of anilines is 1. The summed E-state index contributed by atoms with van der Waals surface area (Å²) in [5, 5.41) is 5.11. The second-order valence-corrected chi connectivity index (χ2v) is 7.08. The van der Waals surface area contributed by atoms with Crippen molar-refractivity contribution in [2.75, 3.05) is 5.32 Å². The van der Waals surface area contributed by atoms with Crippen LogP contribution in [0.5, 0.6) is 0 Å². The molecule has 0 bridgehead atoms. The maximum atomic E-state index is 13.2. The molecule has 2 rings (SSSR count). The molecule has 0 saturated carbocycles. The molecule has 1 amide bonds. The number of amides is 1. The van der Waals surface area contributed by atoms with Gasteiger partial charge in [0.2, 0.25) is 0 Å². The normalized spacial score (nSPS) is 11.4. The van der Waals surface area contributed by atoms with Crippen molar-refractivity contribution >= 4 is 38.3 Å². The molecule has 2 aromatic rings. The Morgan fingerprint density at radius 2 is 2.10 bits per heavy atom. The van der Waals surface area contributed by atoms with E-state index in [0.717, 1.165) is 5.69 Å². The molecule has 0 saturated heterocycles. The first-order valence-electron chi connectivity index (χ1n) is 6.00. The largest absolute Gasteiger partial charge is 0.298 e. The molecule has 6 heteroatoms. The molecule has 0 fully saturated rings. The highest BCUT2D eigenvalue weighted by Crippen LogP contribution is 2.27. The molecule has 106 valence electrons. The van der Waals surface area contributed by atoms with Gasteiger partial charge < -0.3 is 0 Å². The first-order valence-corrected chi connectivity index (χ1v) is 7.67. The molecule has 0 radical (unpaired) electrons. The van der Waals surface area contributed by atoms with E-state index >= 15 is 0 Å². The lowest BCUT2D eigenvalue weighted by Crippen LogP contribution is -2.14. The highest BCUT2D eigenvalue weighted by atomic mass is 79.9. The van der Waals surface area contributed by atoms with E-state index in [2.05, 4.69) is 47.0 Å². The third kappa shape index (κ3) is 3.43. The Labute approximate surface area is 129 Å². The van der Waals surface area contributed by atoms with Gasteiger partial charge in [-0.1, -0.05) is 20.8 Å². The van der Waals surface area contributed by atoms with Crippen LogP contribution in [0.4, 0.5) is 9.52 Å². The lowest BCUT2D eigenvalue weighted by molar-refractivity contribution is 0.102. The van der Waals surface area contributed by atoms with E-state index in [9.17, 15) is 9.18 Å². The van der Waals surface area contributed by atoms with Crippen LogP contribution in [0, 0.1) is 5.82 Å². The summed E-state index contributed by atoms with van der Waals surface area (Å²) in [6, 6.07) is 3.99. The molecule has 0 aliphatic carbocycles. The van der Waals surface area contributed by atoms with Crippen LogP contribution in [0.1, 0.15) is 36.8 Å². The zero-order chi connectivity index (χ0) is 14.9. The second-order valence-electron chi connectivity index (χ2n) is 5.37. The average Bonchev–Trinajstić information content (AvgIpc) is 2.80. The van der Waals surface area contributed by atoms with Gasteiger partial charge in [0.05, 0.1) is 11.3 Å². The molecule has 0 unspecified atom stereocenters. The number of halogens is 2. The minimum Gasteiger partial charge on any atom is -0.298 e. The quantitative estimate of drug-likeness (QED) is 0.854. The monoisotopic (exact) mass is 356 g/mol. The molecular weight excluding hydrogens is 343 g/mol. The SMILES string of the molecule is CC(C)(C)c1csc(NC(=O)c2cc(F)ccc2Br)n1. The average molecular weight is 357 g/mol. The molecular formula is C14H14BrFN2OS. The maximum Gasteiger partial charge on any atom is 0.258 e. The van der Waals surface area contributed by atoms with E-state index in [1.807, 2.05) is 5.38 Å². The molecule has 1 aromatic heterocycles. The van der Waals surface area contributed by atoms with Gasteiger partial charge in [0.15, 0.2) is 5.13 Å². The van der Waals surface area contributed by atoms with Crippen molar-refractivity contribution in [1.29, 1.82) is 0 Å². The van der Waals surface area contributed by atoms with Crippen molar-refractivity contribution in [3.05, 3.63) is 45.1 Å². The van der Waals surface area contributed by atoms with Gasteiger partial charge >= 0.3 is 0 Å². The fourth-order valence-corrected chi connectivity index (χ4v) is 2.87. The van der Waals surface area contributed by atoms with Crippen molar-refractivity contribution in [3.63, 3.8) is 0 Å². The first-order chi connectivity index (χ1) is 9.27. The summed E-state index contributed by atoms with van der Waals surface area (Å²) < 4.78 is 13.7. The van der Waals surface area contributed by atoms with Gasteiger partial charge in [-0.3, -0.25) is 10.1 Å². The van der Waals surface area contributed by atoms with E-state index in [1.54, 1.807) is 0 Å². The topological polar surface area (TPSA) is 42.0 Å². The fraction of sp³-hybridized carbons (Fsp3) is 0.286. The van der Waals surface area contributed by atoms with Gasteiger partial charge in [0.1, 0.15) is 5.82 Å². The number of hydrogen-bond acceptors (Lipinski definition) is 3. The van der Waals surface area contributed by atoms with Crippen molar-refractivity contribution < 1.29 is 9.18 Å². The Kier molecular flexibility index (Phi) is 4.25. The van der Waals surface area contributed by atoms with Gasteiger partial charge in [-0.05, 0) is 34.1 Å². The molecule has 0 aliphatic rings. The van der Waals surface area contributed by atoms with Crippen LogP contribution in [0.3, 0.4) is 0 Å². The zero-order valence-electron chi connectivity index (χ0n) is 11.3. The highest BCUT2D eigenvalue weighted by Gasteiger charge is 2.19. The lowest BCUT2D eigenvalue weighted by Gasteiger charge is -2.14. The number of rotatable bonds is 2. The summed E-state index contributed by atoms with van der Waals surface area (Å²) >= 11 is 4.59. The Hall–Kier alpha value is -1.27. The Balaban J connectivity index is 2.20. The molecule has 1 heterocycles. The zero-order valence-corrected chi connectivity index (χ0v) is 13.7. The minimum absolute atomic E-state index is 0.0705. The van der Waals surface area contributed by atoms with Crippen LogP contribution >= 0.6 is 27.3 Å². The van der Waals surface area contributed by atoms with Gasteiger partial charge in [-0.15, -0.1) is 11.3 Å². The van der Waals surface area contributed by atoms with Crippen LogP contribution in [0.15, 0.2) is 28.1 Å². The summed E-state index contributed by atoms with van der Waals surface area (Å²) in [5.74, 6) is -0.834. The molecule has 1 aromatic carbocycles. The molecule has 1 N–H and O–H groups in total. The van der Waals surface area contributed by atoms with Crippen LogP contribution in [-0.2, 0) is 5.41 Å². The van der Waals surface area contributed by atoms with Crippen LogP contribution in [0.2, 0.25) is 0 Å². The summed E-state index contributed by atoms with van der Waals surface area (Å²) in [4.78, 5) is 16.5. The third-order valence-electron chi connectivity index (χ3n) is 2.67. The van der Waals surface area contributed by atoms with E-state index in [1.165, 1.54) is 29.5 Å². The predicted molar refractivity (Wildman–Crippen MR) is 82.9 cm³/mol. The Morgan fingerprint density at radius 1 is 1.40 bits per heavy atom. The number of thiazole rings is 1. The van der Waals surface area contributed by atoms with Crippen LogP contribution in [0.25, 0.3) is 0 Å². The smallest absolute Gasteiger partial charge is 0.258 e. The molecule has 20 heavy (non-hydrogen) atoms. The number of nitrogens with zero attached hydrogens (tertiary/aromatic N) is 1. The summed E-state index contributed by atoms with van der Waals surface area (Å²) in [6.45, 7) is 6.16. The number of hydrogen-bond donors (Lipinski definition) is 1. The summed E-state index contributed by atoms with van der Waals surface area (Å²) in [5.41, 5.74) is 1.09. The van der Waals surface area contributed by atoms with Gasteiger partial charge in [-0.2, -0.15) is 0 Å². The molecule has 0 spiro atoms. The van der Waals surface area contributed by atoms with Crippen LogP contribution < -0.4 is 5.32 Å². The number of carbonyl (C=O) groups excluding carboxylic acids is 1. The first kappa shape index (κ1) is 15.1. The fourth-order valence-electron chi connectivity index (χ4n) is 1.51. The van der Waals surface area contributed by atoms with Crippen molar-refractivity contribution in [1.82, 2.24) is 4.98 Å². The van der Waals surface area contributed by atoms with E-state index in [-0.39, 0.29) is 16.9 Å². The predicted octanol–water partition coefficient (Wildman–Crippen LogP) is 4.59. The van der Waals surface area contributed by atoms with Crippen molar-refractivity contribution in [2.24, 2.45) is 0 Å². The lowest BCUT2D eigenvalue weighted by atomic mass is 9.93. The van der Waals surface area contributed by atoms with Crippen molar-refractivity contribution in [3.8, 4) is 0 Å². The standard InChI is InChI=1S/C14H14BrFN2OS/c1-14(2,3)11-7-20-13(17-11)18-12(19)9-6-8(16)4-5-10(9)15/h4-7H,1-3H3,(H,17,18,19). The van der Waals surface area contributed by atoms with Gasteiger partial charge in [0, 0.05) is 15.3 Å². The minimum atomic E-state index is -0.451. The number of carbonyl (C=O) groups is 1. The molecule has 0 aliphatic heterocycles. The van der Waals surface area contributed by atoms with Crippen molar-refractivity contribution in [2.45, 2.75) is 26.2 Å². The third-order valence-corrected chi connectivity index (χ3v) is 4.12. The Bertz CT molecular complexity index is 649. The maximum absolute atomic E-state index is 13.2. The Morgan fingerprint density at radius 3 is 2.70 bits per heavy atom. The van der Waals surface area contributed by atoms with E-state index < -0.39 is 5.82 Å². The van der Waals surface area contributed by atoms with Crippen LogP contribution in [-0.4, -0.2) is 10.9 Å². The van der Waals surface area contributed by atoms with Gasteiger partial charge in [-0.25, -0.2) is 9.37 Å². The van der Waals surface area contributed by atoms with Gasteiger partial charge in [0.25, 0.3) is 5.91 Å². The van der Waals surface area contributed by atoms with E-state index in [4.69, 9.17) is 0 Å². The number of nitrogens with one attached hydrogen (secondary N) is 1.